The molecule has 0 saturated carbocycles. The monoisotopic (exact) mass is 354 g/mol. The van der Waals surface area contributed by atoms with E-state index in [1.54, 1.807) is 23.0 Å². The van der Waals surface area contributed by atoms with E-state index in [4.69, 9.17) is 16.3 Å². The van der Waals surface area contributed by atoms with Crippen LogP contribution in [0.1, 0.15) is 5.56 Å². The van der Waals surface area contributed by atoms with Gasteiger partial charge in [0.2, 0.25) is 5.88 Å². The molecule has 5 nitrogen and oxygen atoms in total. The summed E-state index contributed by atoms with van der Waals surface area (Å²) in [7, 11) is 0. The fourth-order valence-corrected chi connectivity index (χ4v) is 2.62. The molecule has 25 heavy (non-hydrogen) atoms. The number of halogens is 2. The molecular weight excluding hydrogens is 343 g/mol. The molecule has 0 aliphatic carbocycles. The van der Waals surface area contributed by atoms with Gasteiger partial charge in [-0.3, -0.25) is 0 Å². The number of aryl methyl sites for hydroxylation is 1. The van der Waals surface area contributed by atoms with Gasteiger partial charge in [-0.25, -0.2) is 19.0 Å². The number of nitrogens with zero attached hydrogens (tertiary/aromatic N) is 4. The van der Waals surface area contributed by atoms with E-state index >= 15 is 0 Å². The van der Waals surface area contributed by atoms with Crippen LogP contribution in [0.5, 0.6) is 11.6 Å². The Morgan fingerprint density at radius 3 is 2.80 bits per heavy atom. The van der Waals surface area contributed by atoms with E-state index in [0.717, 1.165) is 11.3 Å². The third-order valence-corrected chi connectivity index (χ3v) is 4.15. The number of hydrogen-bond acceptors (Lipinski definition) is 4. The predicted molar refractivity (Wildman–Crippen MR) is 92.9 cm³/mol. The Morgan fingerprint density at radius 1 is 1.12 bits per heavy atom. The van der Waals surface area contributed by atoms with Crippen LogP contribution in [0.4, 0.5) is 4.39 Å². The van der Waals surface area contributed by atoms with Gasteiger partial charge in [0, 0.05) is 11.1 Å². The van der Waals surface area contributed by atoms with E-state index in [-0.39, 0.29) is 5.82 Å². The van der Waals surface area contributed by atoms with Gasteiger partial charge in [-0.1, -0.05) is 23.7 Å². The molecule has 0 radical (unpaired) electrons. The average molecular weight is 355 g/mol. The second-order valence-corrected chi connectivity index (χ2v) is 5.87. The molecule has 0 unspecified atom stereocenters. The Balaban J connectivity index is 1.79. The molecule has 4 aromatic rings. The van der Waals surface area contributed by atoms with Crippen molar-refractivity contribution < 1.29 is 9.13 Å². The first-order valence-electron chi connectivity index (χ1n) is 7.50. The molecule has 2 aromatic heterocycles. The smallest absolute Gasteiger partial charge is 0.233 e. The van der Waals surface area contributed by atoms with E-state index in [0.29, 0.717) is 27.7 Å². The summed E-state index contributed by atoms with van der Waals surface area (Å²) in [5.41, 5.74) is 2.33. The Kier molecular flexibility index (Phi) is 3.82. The van der Waals surface area contributed by atoms with Gasteiger partial charge in [0.15, 0.2) is 5.65 Å². The molecule has 0 fully saturated rings. The van der Waals surface area contributed by atoms with Crippen LogP contribution in [0.2, 0.25) is 5.02 Å². The maximum atomic E-state index is 13.3. The zero-order valence-corrected chi connectivity index (χ0v) is 13.9. The molecular formula is C18H12ClFN4O. The summed E-state index contributed by atoms with van der Waals surface area (Å²) in [6.45, 7) is 1.93. The highest BCUT2D eigenvalue weighted by Gasteiger charge is 2.13. The van der Waals surface area contributed by atoms with Gasteiger partial charge in [-0.15, -0.1) is 0 Å². The second-order valence-electron chi connectivity index (χ2n) is 5.47. The van der Waals surface area contributed by atoms with Gasteiger partial charge in [0.1, 0.15) is 23.3 Å². The molecule has 0 atom stereocenters. The molecule has 2 aromatic carbocycles. The molecule has 0 bridgehead atoms. The lowest BCUT2D eigenvalue weighted by atomic mass is 10.2. The molecule has 0 aliphatic heterocycles. The summed E-state index contributed by atoms with van der Waals surface area (Å²) in [6.07, 6.45) is 2.99. The van der Waals surface area contributed by atoms with Crippen molar-refractivity contribution in [2.75, 3.05) is 0 Å². The maximum Gasteiger partial charge on any atom is 0.233 e. The molecule has 7 heteroatoms. The van der Waals surface area contributed by atoms with Crippen molar-refractivity contribution in [3.05, 3.63) is 71.4 Å². The van der Waals surface area contributed by atoms with Crippen LogP contribution in [0.3, 0.4) is 0 Å². The third kappa shape index (κ3) is 2.92. The minimum atomic E-state index is -0.382. The van der Waals surface area contributed by atoms with Crippen LogP contribution in [-0.4, -0.2) is 19.7 Å². The molecule has 4 rings (SSSR count). The van der Waals surface area contributed by atoms with E-state index in [9.17, 15) is 4.39 Å². The number of benzene rings is 2. The van der Waals surface area contributed by atoms with Crippen molar-refractivity contribution in [3.8, 4) is 17.3 Å². The van der Waals surface area contributed by atoms with Gasteiger partial charge >= 0.3 is 0 Å². The van der Waals surface area contributed by atoms with Crippen molar-refractivity contribution in [2.24, 2.45) is 0 Å². The van der Waals surface area contributed by atoms with E-state index in [1.165, 1.54) is 18.5 Å². The number of ether oxygens (including phenoxy) is 1. The Labute approximate surface area is 147 Å². The van der Waals surface area contributed by atoms with Crippen molar-refractivity contribution in [3.63, 3.8) is 0 Å². The molecule has 0 N–H and O–H groups in total. The number of fused-ring (bicyclic) bond motifs is 1. The minimum absolute atomic E-state index is 0.306. The van der Waals surface area contributed by atoms with Gasteiger partial charge < -0.3 is 4.74 Å². The van der Waals surface area contributed by atoms with Gasteiger partial charge in [-0.2, -0.15) is 5.10 Å². The zero-order chi connectivity index (χ0) is 17.4. The first-order valence-corrected chi connectivity index (χ1v) is 7.88. The number of rotatable bonds is 3. The summed E-state index contributed by atoms with van der Waals surface area (Å²) in [6, 6.07) is 11.5. The SMILES string of the molecule is Cc1ccc(-n2ncc3c(Oc4cccc(F)c4)ncnc32)cc1Cl. The predicted octanol–water partition coefficient (Wildman–Crippen LogP) is 4.71. The normalized spacial score (nSPS) is 11.0. The van der Waals surface area contributed by atoms with E-state index in [1.807, 2.05) is 25.1 Å². The lowest BCUT2D eigenvalue weighted by Crippen LogP contribution is -1.98. The number of aromatic nitrogens is 4. The molecule has 0 aliphatic rings. The van der Waals surface area contributed by atoms with Gasteiger partial charge in [0.25, 0.3) is 0 Å². The standard InChI is InChI=1S/C18H12ClFN4O/c1-11-5-6-13(8-16(11)19)24-17-15(9-23-24)18(22-10-21-17)25-14-4-2-3-12(20)7-14/h2-10H,1H3. The highest BCUT2D eigenvalue weighted by Crippen LogP contribution is 2.28. The fraction of sp³-hybridized carbons (Fsp3) is 0.0556. The van der Waals surface area contributed by atoms with Crippen LogP contribution in [0.15, 0.2) is 55.0 Å². The van der Waals surface area contributed by atoms with Crippen molar-refractivity contribution >= 4 is 22.6 Å². The topological polar surface area (TPSA) is 52.8 Å². The Bertz CT molecular complexity index is 1080. The van der Waals surface area contributed by atoms with Crippen LogP contribution in [-0.2, 0) is 0 Å². The fourth-order valence-electron chi connectivity index (χ4n) is 2.45. The third-order valence-electron chi connectivity index (χ3n) is 3.74. The molecule has 2 heterocycles. The van der Waals surface area contributed by atoms with Crippen LogP contribution < -0.4 is 4.74 Å². The first kappa shape index (κ1) is 15.5. The van der Waals surface area contributed by atoms with Gasteiger partial charge in [-0.05, 0) is 36.8 Å². The van der Waals surface area contributed by atoms with Gasteiger partial charge in [0.05, 0.1) is 11.9 Å². The summed E-state index contributed by atoms with van der Waals surface area (Å²) in [4.78, 5) is 8.42. The highest BCUT2D eigenvalue weighted by atomic mass is 35.5. The Hall–Kier alpha value is -2.99. The van der Waals surface area contributed by atoms with Crippen molar-refractivity contribution in [1.29, 1.82) is 0 Å². The molecule has 124 valence electrons. The van der Waals surface area contributed by atoms with Crippen molar-refractivity contribution in [2.45, 2.75) is 6.92 Å². The highest BCUT2D eigenvalue weighted by molar-refractivity contribution is 6.31. The van der Waals surface area contributed by atoms with Crippen LogP contribution in [0, 0.1) is 12.7 Å². The quantitative estimate of drug-likeness (QED) is 0.534. The second kappa shape index (κ2) is 6.14. The maximum absolute atomic E-state index is 13.3. The summed E-state index contributed by atoms with van der Waals surface area (Å²) in [5, 5.41) is 5.62. The Morgan fingerprint density at radius 2 is 2.00 bits per heavy atom. The van der Waals surface area contributed by atoms with Crippen LogP contribution >= 0.6 is 11.6 Å². The van der Waals surface area contributed by atoms with E-state index < -0.39 is 0 Å². The molecule has 0 saturated heterocycles. The number of hydrogen-bond donors (Lipinski definition) is 0. The van der Waals surface area contributed by atoms with Crippen LogP contribution in [0.25, 0.3) is 16.7 Å². The molecule has 0 amide bonds. The average Bonchev–Trinajstić information content (AvgIpc) is 3.03. The summed E-state index contributed by atoms with van der Waals surface area (Å²) in [5.74, 6) is 0.277. The zero-order valence-electron chi connectivity index (χ0n) is 13.1. The van der Waals surface area contributed by atoms with E-state index in [2.05, 4.69) is 15.1 Å². The largest absolute Gasteiger partial charge is 0.438 e. The molecule has 0 spiro atoms. The summed E-state index contributed by atoms with van der Waals surface area (Å²) < 4.78 is 20.7. The van der Waals surface area contributed by atoms with Crippen molar-refractivity contribution in [1.82, 2.24) is 19.7 Å². The lowest BCUT2D eigenvalue weighted by Gasteiger charge is -2.07. The summed E-state index contributed by atoms with van der Waals surface area (Å²) >= 11 is 6.20. The lowest BCUT2D eigenvalue weighted by molar-refractivity contribution is 0.463. The minimum Gasteiger partial charge on any atom is -0.438 e. The first-order chi connectivity index (χ1) is 12.1.